The van der Waals surface area contributed by atoms with Crippen molar-refractivity contribution >= 4 is 6.09 Å². The van der Waals surface area contributed by atoms with Crippen molar-refractivity contribution in [2.75, 3.05) is 0 Å². The standard InChI is InChI=1S/C15H28N2O2/c1-9(2)13-11(16)8-10-6-7-12(13)17(10)14(18)19-15(3,4)5/h9-13H,6-8,16H2,1-5H3. The number of amides is 1. The van der Waals surface area contributed by atoms with Gasteiger partial charge in [-0.3, -0.25) is 0 Å². The smallest absolute Gasteiger partial charge is 0.410 e. The zero-order chi connectivity index (χ0) is 14.4. The molecular formula is C15H28N2O2. The first-order chi connectivity index (χ1) is 8.70. The first-order valence-electron chi connectivity index (χ1n) is 7.47. The van der Waals surface area contributed by atoms with Gasteiger partial charge in [0.25, 0.3) is 0 Å². The van der Waals surface area contributed by atoms with Crippen molar-refractivity contribution in [3.05, 3.63) is 0 Å². The number of piperidine rings is 1. The molecule has 0 aromatic rings. The summed E-state index contributed by atoms with van der Waals surface area (Å²) in [5.74, 6) is 0.898. The Balaban J connectivity index is 2.16. The lowest BCUT2D eigenvalue weighted by atomic mass is 9.78. The largest absolute Gasteiger partial charge is 0.444 e. The molecular weight excluding hydrogens is 240 g/mol. The van der Waals surface area contributed by atoms with E-state index in [2.05, 4.69) is 13.8 Å². The average Bonchev–Trinajstić information content (AvgIpc) is 2.51. The molecule has 2 bridgehead atoms. The van der Waals surface area contributed by atoms with E-state index in [0.717, 1.165) is 19.3 Å². The van der Waals surface area contributed by atoms with Crippen LogP contribution in [0.3, 0.4) is 0 Å². The Labute approximate surface area is 116 Å². The van der Waals surface area contributed by atoms with E-state index in [-0.39, 0.29) is 24.2 Å². The van der Waals surface area contributed by atoms with Gasteiger partial charge in [0.05, 0.1) is 0 Å². The van der Waals surface area contributed by atoms with Crippen LogP contribution in [-0.2, 0) is 4.74 Å². The number of nitrogens with zero attached hydrogens (tertiary/aromatic N) is 1. The van der Waals surface area contributed by atoms with E-state index in [1.54, 1.807) is 0 Å². The van der Waals surface area contributed by atoms with Gasteiger partial charge in [0.2, 0.25) is 0 Å². The zero-order valence-corrected chi connectivity index (χ0v) is 12.8. The molecule has 2 saturated heterocycles. The Morgan fingerprint density at radius 1 is 1.32 bits per heavy atom. The van der Waals surface area contributed by atoms with Crippen LogP contribution in [-0.4, -0.2) is 34.7 Å². The van der Waals surface area contributed by atoms with Crippen molar-refractivity contribution in [3.8, 4) is 0 Å². The molecule has 2 heterocycles. The van der Waals surface area contributed by atoms with Gasteiger partial charge < -0.3 is 15.4 Å². The maximum absolute atomic E-state index is 12.4. The van der Waals surface area contributed by atoms with Gasteiger partial charge in [-0.1, -0.05) is 13.8 Å². The minimum absolute atomic E-state index is 0.155. The van der Waals surface area contributed by atoms with Crippen molar-refractivity contribution in [2.45, 2.75) is 77.6 Å². The summed E-state index contributed by atoms with van der Waals surface area (Å²) in [5.41, 5.74) is 5.88. The van der Waals surface area contributed by atoms with E-state index in [0.29, 0.717) is 11.8 Å². The third kappa shape index (κ3) is 2.88. The van der Waals surface area contributed by atoms with Crippen LogP contribution < -0.4 is 5.73 Å². The average molecular weight is 268 g/mol. The van der Waals surface area contributed by atoms with E-state index in [1.165, 1.54) is 0 Å². The van der Waals surface area contributed by atoms with Crippen LogP contribution in [0, 0.1) is 11.8 Å². The van der Waals surface area contributed by atoms with Crippen LogP contribution in [0.1, 0.15) is 53.9 Å². The molecule has 0 saturated carbocycles. The summed E-state index contributed by atoms with van der Waals surface area (Å²) in [7, 11) is 0. The van der Waals surface area contributed by atoms with Gasteiger partial charge in [0.15, 0.2) is 0 Å². The molecule has 0 aromatic carbocycles. The SMILES string of the molecule is CC(C)C1C(N)CC2CCC1N2C(=O)OC(C)(C)C. The molecule has 4 nitrogen and oxygen atoms in total. The fourth-order valence-electron chi connectivity index (χ4n) is 3.82. The van der Waals surface area contributed by atoms with Gasteiger partial charge in [-0.05, 0) is 51.9 Å². The molecule has 0 spiro atoms. The monoisotopic (exact) mass is 268 g/mol. The number of carbonyl (C=O) groups is 1. The highest BCUT2D eigenvalue weighted by molar-refractivity contribution is 5.69. The quantitative estimate of drug-likeness (QED) is 0.795. The van der Waals surface area contributed by atoms with Crippen LogP contribution in [0.5, 0.6) is 0 Å². The van der Waals surface area contributed by atoms with Crippen molar-refractivity contribution in [2.24, 2.45) is 17.6 Å². The van der Waals surface area contributed by atoms with Crippen LogP contribution in [0.4, 0.5) is 4.79 Å². The second-order valence-corrected chi connectivity index (χ2v) is 7.41. The number of fused-ring (bicyclic) bond motifs is 2. The zero-order valence-electron chi connectivity index (χ0n) is 12.8. The summed E-state index contributed by atoms with van der Waals surface area (Å²) in [5, 5.41) is 0. The molecule has 4 unspecified atom stereocenters. The van der Waals surface area contributed by atoms with Crippen LogP contribution in [0.2, 0.25) is 0 Å². The van der Waals surface area contributed by atoms with E-state index in [4.69, 9.17) is 10.5 Å². The number of ether oxygens (including phenoxy) is 1. The fourth-order valence-corrected chi connectivity index (χ4v) is 3.82. The molecule has 4 heteroatoms. The summed E-state index contributed by atoms with van der Waals surface area (Å²) >= 11 is 0. The van der Waals surface area contributed by atoms with E-state index in [9.17, 15) is 4.79 Å². The van der Waals surface area contributed by atoms with Crippen molar-refractivity contribution < 1.29 is 9.53 Å². The van der Waals surface area contributed by atoms with Crippen LogP contribution in [0.25, 0.3) is 0 Å². The topological polar surface area (TPSA) is 55.6 Å². The first-order valence-corrected chi connectivity index (χ1v) is 7.47. The third-order valence-electron chi connectivity index (χ3n) is 4.40. The Morgan fingerprint density at radius 2 is 1.95 bits per heavy atom. The van der Waals surface area contributed by atoms with Gasteiger partial charge in [-0.2, -0.15) is 0 Å². The molecule has 0 aromatic heterocycles. The molecule has 2 fully saturated rings. The van der Waals surface area contributed by atoms with Crippen molar-refractivity contribution in [1.82, 2.24) is 4.90 Å². The molecule has 2 aliphatic heterocycles. The Morgan fingerprint density at radius 3 is 2.47 bits per heavy atom. The van der Waals surface area contributed by atoms with E-state index in [1.807, 2.05) is 25.7 Å². The second kappa shape index (κ2) is 4.97. The molecule has 0 aliphatic carbocycles. The number of carbonyl (C=O) groups excluding carboxylic acids is 1. The molecule has 1 amide bonds. The summed E-state index contributed by atoms with van der Waals surface area (Å²) in [4.78, 5) is 14.4. The minimum Gasteiger partial charge on any atom is -0.444 e. The number of hydrogen-bond donors (Lipinski definition) is 1. The van der Waals surface area contributed by atoms with Gasteiger partial charge in [0.1, 0.15) is 5.60 Å². The van der Waals surface area contributed by atoms with Gasteiger partial charge in [-0.25, -0.2) is 4.79 Å². The molecule has 0 radical (unpaired) electrons. The maximum atomic E-state index is 12.4. The van der Waals surface area contributed by atoms with Crippen LogP contribution in [0.15, 0.2) is 0 Å². The van der Waals surface area contributed by atoms with Crippen molar-refractivity contribution in [3.63, 3.8) is 0 Å². The second-order valence-electron chi connectivity index (χ2n) is 7.41. The minimum atomic E-state index is -0.427. The summed E-state index contributed by atoms with van der Waals surface area (Å²) in [6.45, 7) is 10.2. The summed E-state index contributed by atoms with van der Waals surface area (Å²) in [6.07, 6.45) is 2.90. The lowest BCUT2D eigenvalue weighted by Gasteiger charge is -2.45. The first kappa shape index (κ1) is 14.6. The lowest BCUT2D eigenvalue weighted by molar-refractivity contribution is -0.0100. The van der Waals surface area contributed by atoms with Gasteiger partial charge in [-0.15, -0.1) is 0 Å². The van der Waals surface area contributed by atoms with E-state index < -0.39 is 5.60 Å². The van der Waals surface area contributed by atoms with E-state index >= 15 is 0 Å². The highest BCUT2D eigenvalue weighted by atomic mass is 16.6. The maximum Gasteiger partial charge on any atom is 0.410 e. The predicted molar refractivity (Wildman–Crippen MR) is 75.8 cm³/mol. The highest BCUT2D eigenvalue weighted by Gasteiger charge is 2.50. The molecule has 110 valence electrons. The molecule has 2 aliphatic rings. The van der Waals surface area contributed by atoms with Gasteiger partial charge >= 0.3 is 6.09 Å². The molecule has 19 heavy (non-hydrogen) atoms. The molecule has 4 atom stereocenters. The third-order valence-corrected chi connectivity index (χ3v) is 4.40. The lowest BCUT2D eigenvalue weighted by Crippen LogP contribution is -2.58. The Bertz CT molecular complexity index is 349. The Hall–Kier alpha value is -0.770. The summed E-state index contributed by atoms with van der Waals surface area (Å²) < 4.78 is 5.57. The van der Waals surface area contributed by atoms with Crippen LogP contribution >= 0.6 is 0 Å². The fraction of sp³-hybridized carbons (Fsp3) is 0.933. The predicted octanol–water partition coefficient (Wildman–Crippen LogP) is 2.76. The highest BCUT2D eigenvalue weighted by Crippen LogP contribution is 2.42. The number of rotatable bonds is 1. The number of hydrogen-bond acceptors (Lipinski definition) is 3. The Kier molecular flexibility index (Phi) is 3.83. The van der Waals surface area contributed by atoms with Gasteiger partial charge in [0, 0.05) is 18.1 Å². The van der Waals surface area contributed by atoms with Crippen molar-refractivity contribution in [1.29, 1.82) is 0 Å². The summed E-state index contributed by atoms with van der Waals surface area (Å²) in [6, 6.07) is 0.768. The molecule has 2 N–H and O–H groups in total. The number of nitrogens with two attached hydrogens (primary N) is 1. The molecule has 2 rings (SSSR count). The normalized spacial score (nSPS) is 34.8.